The Kier molecular flexibility index (Phi) is 6.52. The highest BCUT2D eigenvalue weighted by molar-refractivity contribution is 5.89. The molecule has 0 radical (unpaired) electrons. The van der Waals surface area contributed by atoms with Crippen LogP contribution in [0.15, 0.2) is 0 Å². The van der Waals surface area contributed by atoms with Gasteiger partial charge >= 0.3 is 5.97 Å². The molecule has 0 aromatic rings. The van der Waals surface area contributed by atoms with Gasteiger partial charge in [0.05, 0.1) is 5.41 Å². The highest BCUT2D eigenvalue weighted by atomic mass is 16.4. The summed E-state index contributed by atoms with van der Waals surface area (Å²) in [4.78, 5) is 34.4. The highest BCUT2D eigenvalue weighted by Gasteiger charge is 2.31. The zero-order chi connectivity index (χ0) is 15.2. The number of hydrogen-bond donors (Lipinski definition) is 3. The Morgan fingerprint density at radius 2 is 1.74 bits per heavy atom. The molecule has 6 heteroatoms. The Bertz CT molecular complexity index is 351. The van der Waals surface area contributed by atoms with E-state index in [9.17, 15) is 14.4 Å². The van der Waals surface area contributed by atoms with Crippen LogP contribution in [0.4, 0.5) is 0 Å². The van der Waals surface area contributed by atoms with Gasteiger partial charge < -0.3 is 15.7 Å². The molecule has 0 aromatic carbocycles. The Morgan fingerprint density at radius 1 is 1.21 bits per heavy atom. The molecule has 0 aliphatic carbocycles. The minimum absolute atomic E-state index is 0.159. The van der Waals surface area contributed by atoms with Crippen molar-refractivity contribution in [2.45, 2.75) is 46.6 Å². The second kappa shape index (κ2) is 7.11. The minimum Gasteiger partial charge on any atom is -0.481 e. The highest BCUT2D eigenvalue weighted by Crippen LogP contribution is 2.20. The predicted octanol–water partition coefficient (Wildman–Crippen LogP) is 0.764. The van der Waals surface area contributed by atoms with Crippen molar-refractivity contribution >= 4 is 17.8 Å². The van der Waals surface area contributed by atoms with Gasteiger partial charge in [-0.2, -0.15) is 0 Å². The lowest BCUT2D eigenvalue weighted by molar-refractivity contribution is -0.149. The van der Waals surface area contributed by atoms with Crippen molar-refractivity contribution in [3.05, 3.63) is 0 Å². The van der Waals surface area contributed by atoms with Crippen molar-refractivity contribution in [2.75, 3.05) is 7.05 Å². The van der Waals surface area contributed by atoms with E-state index in [4.69, 9.17) is 5.11 Å². The van der Waals surface area contributed by atoms with E-state index in [0.29, 0.717) is 6.42 Å². The number of amides is 2. The number of likely N-dealkylation sites (N-methyl/N-ethyl adjacent to an activating group) is 1. The molecule has 1 atom stereocenters. The smallest absolute Gasteiger partial charge is 0.309 e. The van der Waals surface area contributed by atoms with Gasteiger partial charge in [0, 0.05) is 13.5 Å². The molecular formula is C13H24N2O4. The molecule has 0 heterocycles. The Hall–Kier alpha value is -1.59. The number of nitrogens with one attached hydrogen (secondary N) is 2. The van der Waals surface area contributed by atoms with Crippen molar-refractivity contribution in [3.63, 3.8) is 0 Å². The van der Waals surface area contributed by atoms with Crippen LogP contribution in [0.2, 0.25) is 0 Å². The van der Waals surface area contributed by atoms with Crippen molar-refractivity contribution in [1.82, 2.24) is 10.6 Å². The minimum atomic E-state index is -1.14. The quantitative estimate of drug-likeness (QED) is 0.637. The van der Waals surface area contributed by atoms with Gasteiger partial charge in [-0.25, -0.2) is 0 Å². The summed E-state index contributed by atoms with van der Waals surface area (Å²) in [6, 6.07) is -0.623. The maximum Gasteiger partial charge on any atom is 0.309 e. The molecule has 0 spiro atoms. The third kappa shape index (κ3) is 6.22. The Balaban J connectivity index is 4.64. The van der Waals surface area contributed by atoms with Gasteiger partial charge in [-0.1, -0.05) is 13.8 Å². The summed E-state index contributed by atoms with van der Waals surface area (Å²) in [6.07, 6.45) is 0.354. The SMILES string of the molecule is CNC(=O)C(CC(C)C)NC(=O)CC(C)(C)C(=O)O. The largest absolute Gasteiger partial charge is 0.481 e. The summed E-state index contributed by atoms with van der Waals surface area (Å²) in [5.74, 6) is -1.49. The molecule has 2 amide bonds. The van der Waals surface area contributed by atoms with E-state index in [0.717, 1.165) is 0 Å². The lowest BCUT2D eigenvalue weighted by atomic mass is 9.89. The summed E-state index contributed by atoms with van der Waals surface area (Å²) < 4.78 is 0. The third-order valence-corrected chi connectivity index (χ3v) is 2.79. The number of carbonyl (C=O) groups excluding carboxylic acids is 2. The molecule has 1 unspecified atom stereocenters. The molecule has 0 saturated heterocycles. The van der Waals surface area contributed by atoms with Gasteiger partial charge in [0.15, 0.2) is 0 Å². The van der Waals surface area contributed by atoms with Crippen LogP contribution in [0.25, 0.3) is 0 Å². The van der Waals surface area contributed by atoms with Crippen LogP contribution in [0, 0.1) is 11.3 Å². The maximum atomic E-state index is 11.8. The van der Waals surface area contributed by atoms with Crippen LogP contribution >= 0.6 is 0 Å². The van der Waals surface area contributed by atoms with Crippen molar-refractivity contribution < 1.29 is 19.5 Å². The van der Waals surface area contributed by atoms with Crippen LogP contribution in [0.5, 0.6) is 0 Å². The van der Waals surface area contributed by atoms with E-state index < -0.39 is 23.3 Å². The number of aliphatic carboxylic acids is 1. The lowest BCUT2D eigenvalue weighted by Gasteiger charge is -2.22. The number of carboxylic acids is 1. The van der Waals surface area contributed by atoms with Crippen LogP contribution in [0.1, 0.15) is 40.5 Å². The summed E-state index contributed by atoms with van der Waals surface area (Å²) in [5.41, 5.74) is -1.14. The molecular weight excluding hydrogens is 248 g/mol. The normalized spacial score (nSPS) is 12.9. The first-order chi connectivity index (χ1) is 8.60. The zero-order valence-electron chi connectivity index (χ0n) is 12.2. The maximum absolute atomic E-state index is 11.8. The average molecular weight is 272 g/mol. The molecule has 0 aliphatic heterocycles. The topological polar surface area (TPSA) is 95.5 Å². The van der Waals surface area contributed by atoms with E-state index in [2.05, 4.69) is 10.6 Å². The van der Waals surface area contributed by atoms with E-state index in [1.165, 1.54) is 20.9 Å². The predicted molar refractivity (Wildman–Crippen MR) is 71.5 cm³/mol. The Morgan fingerprint density at radius 3 is 2.11 bits per heavy atom. The summed E-state index contributed by atoms with van der Waals surface area (Å²) in [7, 11) is 1.50. The fourth-order valence-corrected chi connectivity index (χ4v) is 1.60. The summed E-state index contributed by atoms with van der Waals surface area (Å²) in [6.45, 7) is 6.85. The zero-order valence-corrected chi connectivity index (χ0v) is 12.2. The second-order valence-electron chi connectivity index (χ2n) is 5.73. The molecule has 110 valence electrons. The van der Waals surface area contributed by atoms with Crippen LogP contribution in [-0.4, -0.2) is 36.0 Å². The molecule has 0 fully saturated rings. The number of carbonyl (C=O) groups is 3. The van der Waals surface area contributed by atoms with Gasteiger partial charge in [-0.15, -0.1) is 0 Å². The summed E-state index contributed by atoms with van der Waals surface area (Å²) in [5, 5.41) is 14.1. The fourth-order valence-electron chi connectivity index (χ4n) is 1.60. The molecule has 0 aliphatic rings. The monoisotopic (exact) mass is 272 g/mol. The van der Waals surface area contributed by atoms with Crippen molar-refractivity contribution in [3.8, 4) is 0 Å². The fraction of sp³-hybridized carbons (Fsp3) is 0.769. The van der Waals surface area contributed by atoms with Crippen molar-refractivity contribution in [1.29, 1.82) is 0 Å². The van der Waals surface area contributed by atoms with Crippen LogP contribution < -0.4 is 10.6 Å². The number of hydrogen-bond acceptors (Lipinski definition) is 3. The molecule has 0 aromatic heterocycles. The van der Waals surface area contributed by atoms with E-state index in [1.807, 2.05) is 13.8 Å². The molecule has 3 N–H and O–H groups in total. The van der Waals surface area contributed by atoms with Gasteiger partial charge in [0.2, 0.25) is 11.8 Å². The van der Waals surface area contributed by atoms with Crippen LogP contribution in [0.3, 0.4) is 0 Å². The molecule has 0 rings (SSSR count). The van der Waals surface area contributed by atoms with E-state index in [1.54, 1.807) is 0 Å². The number of rotatable bonds is 7. The first kappa shape index (κ1) is 17.4. The average Bonchev–Trinajstić information content (AvgIpc) is 2.25. The first-order valence-electron chi connectivity index (χ1n) is 6.34. The second-order valence-corrected chi connectivity index (χ2v) is 5.73. The Labute approximate surface area is 113 Å². The van der Waals surface area contributed by atoms with E-state index >= 15 is 0 Å². The van der Waals surface area contributed by atoms with Crippen molar-refractivity contribution in [2.24, 2.45) is 11.3 Å². The molecule has 0 saturated carbocycles. The first-order valence-corrected chi connectivity index (χ1v) is 6.34. The third-order valence-electron chi connectivity index (χ3n) is 2.79. The van der Waals surface area contributed by atoms with Gasteiger partial charge in [0.1, 0.15) is 6.04 Å². The molecule has 0 bridgehead atoms. The van der Waals surface area contributed by atoms with Gasteiger partial charge in [0.25, 0.3) is 0 Å². The lowest BCUT2D eigenvalue weighted by Crippen LogP contribution is -2.47. The number of carboxylic acid groups (broad SMARTS) is 1. The van der Waals surface area contributed by atoms with Crippen LogP contribution in [-0.2, 0) is 14.4 Å². The van der Waals surface area contributed by atoms with E-state index in [-0.39, 0.29) is 18.2 Å². The summed E-state index contributed by atoms with van der Waals surface area (Å²) >= 11 is 0. The van der Waals surface area contributed by atoms with Gasteiger partial charge in [-0.3, -0.25) is 14.4 Å². The standard InChI is InChI=1S/C13H24N2O4/c1-8(2)6-9(11(17)14-5)15-10(16)7-13(3,4)12(18)19/h8-9H,6-7H2,1-5H3,(H,14,17)(H,15,16)(H,18,19). The molecule has 6 nitrogen and oxygen atoms in total. The van der Waals surface area contributed by atoms with Gasteiger partial charge in [-0.05, 0) is 26.2 Å². The molecule has 19 heavy (non-hydrogen) atoms.